The topological polar surface area (TPSA) is 102 Å². The molecule has 21 heavy (non-hydrogen) atoms. The summed E-state index contributed by atoms with van der Waals surface area (Å²) < 4.78 is 31.7. The second kappa shape index (κ2) is 5.96. The van der Waals surface area contributed by atoms with Crippen LogP contribution in [0.15, 0.2) is 23.1 Å². The standard InChI is InChI=1S/C12H17N3O5S/c1-9-8-14(5-6-20-9)21(18,19)10-3-4-11(13-2)12(7-10)15(16)17/h3-4,7,9,13H,5-6,8H2,1-2H3. The Labute approximate surface area is 122 Å². The van der Waals surface area contributed by atoms with E-state index in [1.165, 1.54) is 16.4 Å². The van der Waals surface area contributed by atoms with Crippen LogP contribution in [0.2, 0.25) is 0 Å². The monoisotopic (exact) mass is 315 g/mol. The zero-order valence-corrected chi connectivity index (χ0v) is 12.6. The van der Waals surface area contributed by atoms with Crippen molar-refractivity contribution in [2.75, 3.05) is 32.1 Å². The van der Waals surface area contributed by atoms with E-state index in [1.807, 2.05) is 0 Å². The van der Waals surface area contributed by atoms with Crippen molar-refractivity contribution in [3.8, 4) is 0 Å². The van der Waals surface area contributed by atoms with Gasteiger partial charge in [-0.3, -0.25) is 10.1 Å². The van der Waals surface area contributed by atoms with Crippen LogP contribution in [0.5, 0.6) is 0 Å². The molecule has 1 saturated heterocycles. The van der Waals surface area contributed by atoms with Gasteiger partial charge < -0.3 is 10.1 Å². The number of rotatable bonds is 4. The zero-order valence-electron chi connectivity index (χ0n) is 11.8. The molecule has 0 aliphatic carbocycles. The van der Waals surface area contributed by atoms with E-state index in [-0.39, 0.29) is 35.5 Å². The molecule has 0 amide bonds. The highest BCUT2D eigenvalue weighted by Crippen LogP contribution is 2.29. The molecule has 2 rings (SSSR count). The van der Waals surface area contributed by atoms with Gasteiger partial charge in [0, 0.05) is 26.2 Å². The first-order valence-electron chi connectivity index (χ1n) is 6.44. The van der Waals surface area contributed by atoms with Crippen molar-refractivity contribution in [2.45, 2.75) is 17.9 Å². The fourth-order valence-corrected chi connectivity index (χ4v) is 3.71. The Balaban J connectivity index is 2.40. The van der Waals surface area contributed by atoms with Gasteiger partial charge in [-0.15, -0.1) is 0 Å². The molecule has 1 aliphatic rings. The first-order valence-corrected chi connectivity index (χ1v) is 7.88. The average molecular weight is 315 g/mol. The van der Waals surface area contributed by atoms with Crippen LogP contribution in [-0.4, -0.2) is 50.5 Å². The SMILES string of the molecule is CNc1ccc(S(=O)(=O)N2CCOC(C)C2)cc1[N+](=O)[O-]. The van der Waals surface area contributed by atoms with Crippen molar-refractivity contribution in [2.24, 2.45) is 0 Å². The predicted octanol–water partition coefficient (Wildman–Crippen LogP) is 1.05. The summed E-state index contributed by atoms with van der Waals surface area (Å²) in [5, 5.41) is 13.7. The summed E-state index contributed by atoms with van der Waals surface area (Å²) in [6.45, 7) is 2.59. The van der Waals surface area contributed by atoms with Gasteiger partial charge in [0.15, 0.2) is 0 Å². The molecule has 116 valence electrons. The lowest BCUT2D eigenvalue weighted by atomic mass is 10.3. The quantitative estimate of drug-likeness (QED) is 0.658. The lowest BCUT2D eigenvalue weighted by Gasteiger charge is -2.30. The summed E-state index contributed by atoms with van der Waals surface area (Å²) in [5.74, 6) is 0. The van der Waals surface area contributed by atoms with Gasteiger partial charge in [-0.2, -0.15) is 4.31 Å². The van der Waals surface area contributed by atoms with Gasteiger partial charge in [0.1, 0.15) is 5.69 Å². The van der Waals surface area contributed by atoms with Gasteiger partial charge in [-0.1, -0.05) is 0 Å². The van der Waals surface area contributed by atoms with Crippen molar-refractivity contribution >= 4 is 21.4 Å². The first-order chi connectivity index (χ1) is 9.86. The van der Waals surface area contributed by atoms with E-state index in [1.54, 1.807) is 14.0 Å². The van der Waals surface area contributed by atoms with Gasteiger partial charge in [0.05, 0.1) is 22.5 Å². The minimum absolute atomic E-state index is 0.0812. The van der Waals surface area contributed by atoms with E-state index in [0.717, 1.165) is 6.07 Å². The van der Waals surface area contributed by atoms with Crippen molar-refractivity contribution in [1.29, 1.82) is 0 Å². The molecule has 0 bridgehead atoms. The van der Waals surface area contributed by atoms with E-state index in [9.17, 15) is 18.5 Å². The van der Waals surface area contributed by atoms with Crippen molar-refractivity contribution < 1.29 is 18.1 Å². The van der Waals surface area contributed by atoms with Crippen LogP contribution in [0.3, 0.4) is 0 Å². The maximum atomic E-state index is 12.5. The minimum atomic E-state index is -3.75. The van der Waals surface area contributed by atoms with E-state index in [4.69, 9.17) is 4.74 Å². The maximum Gasteiger partial charge on any atom is 0.293 e. The molecule has 1 unspecified atom stereocenters. The Hall–Kier alpha value is -1.71. The summed E-state index contributed by atoms with van der Waals surface area (Å²) in [4.78, 5) is 10.3. The number of hydrogen-bond acceptors (Lipinski definition) is 6. The number of morpholine rings is 1. The van der Waals surface area contributed by atoms with E-state index >= 15 is 0 Å². The second-order valence-electron chi connectivity index (χ2n) is 4.73. The Morgan fingerprint density at radius 1 is 1.48 bits per heavy atom. The molecular weight excluding hydrogens is 298 g/mol. The van der Waals surface area contributed by atoms with Crippen molar-refractivity contribution in [3.63, 3.8) is 0 Å². The van der Waals surface area contributed by atoms with Crippen LogP contribution in [-0.2, 0) is 14.8 Å². The van der Waals surface area contributed by atoms with Gasteiger partial charge in [0.25, 0.3) is 5.69 Å². The number of nitrogens with one attached hydrogen (secondary N) is 1. The molecule has 8 nitrogen and oxygen atoms in total. The highest BCUT2D eigenvalue weighted by molar-refractivity contribution is 7.89. The van der Waals surface area contributed by atoms with Crippen molar-refractivity contribution in [1.82, 2.24) is 4.31 Å². The van der Waals surface area contributed by atoms with Crippen LogP contribution in [0.4, 0.5) is 11.4 Å². The molecule has 1 heterocycles. The Bertz CT molecular complexity index is 646. The second-order valence-corrected chi connectivity index (χ2v) is 6.67. The molecule has 1 atom stereocenters. The van der Waals surface area contributed by atoms with Crippen LogP contribution >= 0.6 is 0 Å². The smallest absolute Gasteiger partial charge is 0.293 e. The molecular formula is C12H17N3O5S. The lowest BCUT2D eigenvalue weighted by Crippen LogP contribution is -2.44. The normalized spacial score (nSPS) is 20.2. The molecule has 1 aliphatic heterocycles. The Morgan fingerprint density at radius 2 is 2.19 bits per heavy atom. The molecule has 1 aromatic rings. The molecule has 0 radical (unpaired) electrons. The molecule has 1 N–H and O–H groups in total. The number of sulfonamides is 1. The highest BCUT2D eigenvalue weighted by atomic mass is 32.2. The number of benzene rings is 1. The number of ether oxygens (including phenoxy) is 1. The third-order valence-electron chi connectivity index (χ3n) is 3.28. The molecule has 1 fully saturated rings. The van der Waals surface area contributed by atoms with Gasteiger partial charge in [-0.05, 0) is 19.1 Å². The largest absolute Gasteiger partial charge is 0.383 e. The molecule has 0 aromatic heterocycles. The molecule has 1 aromatic carbocycles. The fourth-order valence-electron chi connectivity index (χ4n) is 2.19. The molecule has 9 heteroatoms. The Morgan fingerprint density at radius 3 is 2.76 bits per heavy atom. The average Bonchev–Trinajstić information content (AvgIpc) is 2.46. The number of nitro benzene ring substituents is 1. The third kappa shape index (κ3) is 3.14. The van der Waals surface area contributed by atoms with E-state index in [0.29, 0.717) is 6.61 Å². The number of anilines is 1. The summed E-state index contributed by atoms with van der Waals surface area (Å²) in [6, 6.07) is 3.85. The molecule has 0 saturated carbocycles. The lowest BCUT2D eigenvalue weighted by molar-refractivity contribution is -0.384. The number of nitrogens with zero attached hydrogens (tertiary/aromatic N) is 2. The van der Waals surface area contributed by atoms with E-state index < -0.39 is 14.9 Å². The number of nitro groups is 1. The van der Waals surface area contributed by atoms with Crippen LogP contribution in [0, 0.1) is 10.1 Å². The van der Waals surface area contributed by atoms with Gasteiger partial charge in [0.2, 0.25) is 10.0 Å². The van der Waals surface area contributed by atoms with Crippen molar-refractivity contribution in [3.05, 3.63) is 28.3 Å². The summed E-state index contributed by atoms with van der Waals surface area (Å²) >= 11 is 0. The van der Waals surface area contributed by atoms with Crippen LogP contribution in [0.25, 0.3) is 0 Å². The third-order valence-corrected chi connectivity index (χ3v) is 5.14. The summed E-state index contributed by atoms with van der Waals surface area (Å²) in [5.41, 5.74) is 0.00850. The summed E-state index contributed by atoms with van der Waals surface area (Å²) in [6.07, 6.45) is -0.194. The van der Waals surface area contributed by atoms with E-state index in [2.05, 4.69) is 5.32 Å². The van der Waals surface area contributed by atoms with Crippen LogP contribution < -0.4 is 5.32 Å². The summed E-state index contributed by atoms with van der Waals surface area (Å²) in [7, 11) is -2.21. The predicted molar refractivity (Wildman–Crippen MR) is 76.8 cm³/mol. The maximum absolute atomic E-state index is 12.5. The van der Waals surface area contributed by atoms with Gasteiger partial charge >= 0.3 is 0 Å². The van der Waals surface area contributed by atoms with Crippen LogP contribution in [0.1, 0.15) is 6.92 Å². The molecule has 0 spiro atoms. The Kier molecular flexibility index (Phi) is 4.45. The van der Waals surface area contributed by atoms with Gasteiger partial charge in [-0.25, -0.2) is 8.42 Å². The first kappa shape index (κ1) is 15.7. The number of hydrogen-bond donors (Lipinski definition) is 1. The fraction of sp³-hybridized carbons (Fsp3) is 0.500. The highest BCUT2D eigenvalue weighted by Gasteiger charge is 2.30. The zero-order chi connectivity index (χ0) is 15.6. The minimum Gasteiger partial charge on any atom is -0.383 e.